The number of sulfone groups is 1. The first-order valence-corrected chi connectivity index (χ1v) is 8.86. The van der Waals surface area contributed by atoms with E-state index >= 15 is 0 Å². The average molecular weight is 311 g/mol. The summed E-state index contributed by atoms with van der Waals surface area (Å²) in [5.74, 6) is -0.102. The van der Waals surface area contributed by atoms with Gasteiger partial charge in [0.15, 0.2) is 15.6 Å². The summed E-state index contributed by atoms with van der Waals surface area (Å²) in [4.78, 5) is 11.7. The molecule has 0 atom stereocenters. The second kappa shape index (κ2) is 5.77. The molecule has 116 valence electrons. The summed E-state index contributed by atoms with van der Waals surface area (Å²) in [6.45, 7) is 2.19. The van der Waals surface area contributed by atoms with E-state index in [-0.39, 0.29) is 22.7 Å². The number of ketones is 1. The first kappa shape index (κ1) is 16.0. The molecule has 1 aromatic carbocycles. The SMILES string of the molecule is CC(=O)c1ccc(S(C)(=O)=O)c(NCC2(CCO)CC2)c1. The zero-order valence-electron chi connectivity index (χ0n) is 12.3. The highest BCUT2D eigenvalue weighted by molar-refractivity contribution is 7.90. The molecule has 0 heterocycles. The largest absolute Gasteiger partial charge is 0.396 e. The van der Waals surface area contributed by atoms with Crippen LogP contribution in [0.1, 0.15) is 36.5 Å². The third-order valence-electron chi connectivity index (χ3n) is 4.04. The first-order chi connectivity index (χ1) is 9.77. The molecule has 0 aliphatic heterocycles. The highest BCUT2D eigenvalue weighted by Gasteiger charge is 2.41. The normalized spacial score (nSPS) is 16.5. The maximum atomic E-state index is 11.8. The minimum absolute atomic E-state index is 0.0652. The molecule has 1 aliphatic carbocycles. The molecule has 1 aromatic rings. The zero-order valence-corrected chi connectivity index (χ0v) is 13.2. The van der Waals surface area contributed by atoms with Crippen molar-refractivity contribution in [2.45, 2.75) is 31.1 Å². The Morgan fingerprint density at radius 1 is 1.38 bits per heavy atom. The molecule has 2 rings (SSSR count). The Kier molecular flexibility index (Phi) is 4.39. The van der Waals surface area contributed by atoms with Crippen LogP contribution in [0.15, 0.2) is 23.1 Å². The Bertz CT molecular complexity index is 648. The molecule has 2 N–H and O–H groups in total. The monoisotopic (exact) mass is 311 g/mol. The van der Waals surface area contributed by atoms with E-state index in [4.69, 9.17) is 5.11 Å². The van der Waals surface area contributed by atoms with E-state index in [1.807, 2.05) is 0 Å². The van der Waals surface area contributed by atoms with Gasteiger partial charge < -0.3 is 10.4 Å². The van der Waals surface area contributed by atoms with Gasteiger partial charge >= 0.3 is 0 Å². The summed E-state index contributed by atoms with van der Waals surface area (Å²) < 4.78 is 23.7. The van der Waals surface area contributed by atoms with Gasteiger partial charge in [0.25, 0.3) is 0 Å². The van der Waals surface area contributed by atoms with Crippen LogP contribution in [-0.4, -0.2) is 38.7 Å². The summed E-state index contributed by atoms with van der Waals surface area (Å²) >= 11 is 0. The van der Waals surface area contributed by atoms with Crippen LogP contribution in [0.25, 0.3) is 0 Å². The number of carbonyl (C=O) groups is 1. The van der Waals surface area contributed by atoms with Crippen molar-refractivity contribution in [3.05, 3.63) is 23.8 Å². The standard InChI is InChI=1S/C15H21NO4S/c1-11(18)12-3-4-14(21(2,19)20)13(9-12)16-10-15(5-6-15)7-8-17/h3-4,9,16-17H,5-8,10H2,1-2H3. The molecule has 0 bridgehead atoms. The lowest BCUT2D eigenvalue weighted by Gasteiger charge is -2.18. The summed E-state index contributed by atoms with van der Waals surface area (Å²) in [7, 11) is -3.36. The smallest absolute Gasteiger partial charge is 0.177 e. The summed E-state index contributed by atoms with van der Waals surface area (Å²) in [6.07, 6.45) is 3.92. The fourth-order valence-corrected chi connectivity index (χ4v) is 3.27. The van der Waals surface area contributed by atoms with Crippen molar-refractivity contribution in [3.8, 4) is 0 Å². The molecule has 0 saturated heterocycles. The lowest BCUT2D eigenvalue weighted by Crippen LogP contribution is -2.18. The fourth-order valence-electron chi connectivity index (χ4n) is 2.42. The zero-order chi connectivity index (χ0) is 15.7. The van der Waals surface area contributed by atoms with E-state index in [0.29, 0.717) is 24.2 Å². The molecule has 0 unspecified atom stereocenters. The Hall–Kier alpha value is -1.40. The molecule has 0 amide bonds. The molecular weight excluding hydrogens is 290 g/mol. The van der Waals surface area contributed by atoms with Crippen LogP contribution < -0.4 is 5.32 Å². The Labute approximate surface area is 125 Å². The number of rotatable bonds is 7. The predicted molar refractivity (Wildman–Crippen MR) is 81.4 cm³/mol. The van der Waals surface area contributed by atoms with Crippen LogP contribution in [-0.2, 0) is 9.84 Å². The number of carbonyl (C=O) groups excluding carboxylic acids is 1. The van der Waals surface area contributed by atoms with Gasteiger partial charge in [0.1, 0.15) is 0 Å². The predicted octanol–water partition coefficient (Wildman–Crippen LogP) is 1.87. The molecule has 0 aromatic heterocycles. The molecule has 1 saturated carbocycles. The van der Waals surface area contributed by atoms with Crippen molar-refractivity contribution in [1.29, 1.82) is 0 Å². The van der Waals surface area contributed by atoms with Gasteiger partial charge in [-0.25, -0.2) is 8.42 Å². The van der Waals surface area contributed by atoms with Crippen LogP contribution >= 0.6 is 0 Å². The highest BCUT2D eigenvalue weighted by Crippen LogP contribution is 2.48. The number of nitrogens with one attached hydrogen (secondary N) is 1. The Balaban J connectivity index is 2.27. The van der Waals surface area contributed by atoms with E-state index in [1.54, 1.807) is 6.07 Å². The summed E-state index contributed by atoms with van der Waals surface area (Å²) in [5.41, 5.74) is 1.02. The number of hydrogen-bond donors (Lipinski definition) is 2. The van der Waals surface area contributed by atoms with E-state index in [1.165, 1.54) is 19.1 Å². The quantitative estimate of drug-likeness (QED) is 0.751. The van der Waals surface area contributed by atoms with Crippen molar-refractivity contribution in [1.82, 2.24) is 0 Å². The van der Waals surface area contributed by atoms with E-state index < -0.39 is 9.84 Å². The maximum absolute atomic E-state index is 11.8. The topological polar surface area (TPSA) is 83.5 Å². The van der Waals surface area contributed by atoms with Gasteiger partial charge in [-0.15, -0.1) is 0 Å². The number of aliphatic hydroxyl groups excluding tert-OH is 1. The minimum Gasteiger partial charge on any atom is -0.396 e. The van der Waals surface area contributed by atoms with Crippen LogP contribution in [0, 0.1) is 5.41 Å². The number of hydrogen-bond acceptors (Lipinski definition) is 5. The van der Waals surface area contributed by atoms with Gasteiger partial charge in [0.2, 0.25) is 0 Å². The molecular formula is C15H21NO4S. The third-order valence-corrected chi connectivity index (χ3v) is 5.19. The van der Waals surface area contributed by atoms with Gasteiger partial charge in [-0.1, -0.05) is 0 Å². The molecule has 5 nitrogen and oxygen atoms in total. The summed E-state index contributed by atoms with van der Waals surface area (Å²) in [5, 5.41) is 12.2. The van der Waals surface area contributed by atoms with Crippen LogP contribution in [0.5, 0.6) is 0 Å². The van der Waals surface area contributed by atoms with Crippen LogP contribution in [0.3, 0.4) is 0 Å². The molecule has 6 heteroatoms. The van der Waals surface area contributed by atoms with Crippen molar-refractivity contribution in [2.24, 2.45) is 5.41 Å². The van der Waals surface area contributed by atoms with Crippen LogP contribution in [0.2, 0.25) is 0 Å². The maximum Gasteiger partial charge on any atom is 0.177 e. The lowest BCUT2D eigenvalue weighted by atomic mass is 10.0. The van der Waals surface area contributed by atoms with Crippen molar-refractivity contribution in [2.75, 3.05) is 24.7 Å². The van der Waals surface area contributed by atoms with Crippen molar-refractivity contribution in [3.63, 3.8) is 0 Å². The first-order valence-electron chi connectivity index (χ1n) is 6.97. The fraction of sp³-hybridized carbons (Fsp3) is 0.533. The van der Waals surface area contributed by atoms with Gasteiger partial charge in [0.05, 0.1) is 10.6 Å². The second-order valence-corrected chi connectivity index (χ2v) is 7.85. The van der Waals surface area contributed by atoms with E-state index in [9.17, 15) is 13.2 Å². The minimum atomic E-state index is -3.36. The van der Waals surface area contributed by atoms with E-state index in [2.05, 4.69) is 5.32 Å². The Morgan fingerprint density at radius 3 is 2.52 bits per heavy atom. The molecule has 0 spiro atoms. The summed E-state index contributed by atoms with van der Waals surface area (Å²) in [6, 6.07) is 4.60. The Morgan fingerprint density at radius 2 is 2.05 bits per heavy atom. The average Bonchev–Trinajstić information content (AvgIpc) is 3.15. The number of benzene rings is 1. The number of anilines is 1. The lowest BCUT2D eigenvalue weighted by molar-refractivity contribution is 0.101. The van der Waals surface area contributed by atoms with Gasteiger partial charge in [-0.05, 0) is 49.8 Å². The van der Waals surface area contributed by atoms with E-state index in [0.717, 1.165) is 19.1 Å². The van der Waals surface area contributed by atoms with Crippen LogP contribution in [0.4, 0.5) is 5.69 Å². The molecule has 1 fully saturated rings. The van der Waals surface area contributed by atoms with Crippen molar-refractivity contribution < 1.29 is 18.3 Å². The van der Waals surface area contributed by atoms with Gasteiger partial charge in [-0.3, -0.25) is 4.79 Å². The number of aliphatic hydroxyl groups is 1. The molecule has 0 radical (unpaired) electrons. The molecule has 21 heavy (non-hydrogen) atoms. The second-order valence-electron chi connectivity index (χ2n) is 5.87. The van der Waals surface area contributed by atoms with Crippen molar-refractivity contribution >= 4 is 21.3 Å². The van der Waals surface area contributed by atoms with Gasteiger partial charge in [0, 0.05) is 25.0 Å². The molecule has 1 aliphatic rings. The number of Topliss-reactive ketones (excluding diaryl/α,β-unsaturated/α-hetero) is 1. The van der Waals surface area contributed by atoms with Gasteiger partial charge in [-0.2, -0.15) is 0 Å². The third kappa shape index (κ3) is 3.83. The highest BCUT2D eigenvalue weighted by atomic mass is 32.2.